The van der Waals surface area contributed by atoms with Crippen LogP contribution in [0.3, 0.4) is 0 Å². The minimum absolute atomic E-state index is 0.0583. The van der Waals surface area contributed by atoms with E-state index in [9.17, 15) is 13.2 Å². The van der Waals surface area contributed by atoms with Crippen LogP contribution in [-0.2, 0) is 31.3 Å². The van der Waals surface area contributed by atoms with Gasteiger partial charge in [0.2, 0.25) is 10.0 Å². The molecule has 1 spiro atoms. The van der Waals surface area contributed by atoms with Crippen molar-refractivity contribution in [1.29, 1.82) is 0 Å². The summed E-state index contributed by atoms with van der Waals surface area (Å²) in [5.74, 6) is 0.639. The van der Waals surface area contributed by atoms with E-state index in [1.54, 1.807) is 13.0 Å². The number of hydrogen-bond acceptors (Lipinski definition) is 8. The molecule has 1 N–H and O–H groups in total. The van der Waals surface area contributed by atoms with E-state index >= 15 is 0 Å². The predicted octanol–water partition coefficient (Wildman–Crippen LogP) is 5.74. The molecule has 2 saturated heterocycles. The zero-order chi connectivity index (χ0) is 34.6. The fraction of sp³-hybridized carbons (Fsp3) is 0.615. The van der Waals surface area contributed by atoms with E-state index in [1.165, 1.54) is 11.1 Å². The molecule has 11 heteroatoms. The normalized spacial score (nSPS) is 35.7. The summed E-state index contributed by atoms with van der Waals surface area (Å²) in [6, 6.07) is 12.1. The van der Waals surface area contributed by atoms with Gasteiger partial charge in [-0.05, 0) is 111 Å². The molecular formula is C39H50ClN3O6S. The highest BCUT2D eigenvalue weighted by molar-refractivity contribution is 7.90. The van der Waals surface area contributed by atoms with Crippen LogP contribution in [0.5, 0.6) is 5.75 Å². The molecular weight excluding hydrogens is 674 g/mol. The topological polar surface area (TPSA) is 97.4 Å². The lowest BCUT2D eigenvalue weighted by Gasteiger charge is -2.46. The molecule has 4 heterocycles. The van der Waals surface area contributed by atoms with E-state index in [0.29, 0.717) is 49.2 Å². The first-order valence-electron chi connectivity index (χ1n) is 18.6. The van der Waals surface area contributed by atoms with Crippen molar-refractivity contribution in [3.63, 3.8) is 0 Å². The Balaban J connectivity index is 1.13. The monoisotopic (exact) mass is 723 g/mol. The van der Waals surface area contributed by atoms with Gasteiger partial charge < -0.3 is 19.1 Å². The number of morpholine rings is 1. The zero-order valence-corrected chi connectivity index (χ0v) is 30.8. The number of sulfonamides is 1. The van der Waals surface area contributed by atoms with E-state index in [0.717, 1.165) is 87.8 Å². The van der Waals surface area contributed by atoms with Crippen molar-refractivity contribution in [3.05, 3.63) is 70.3 Å². The highest BCUT2D eigenvalue weighted by atomic mass is 35.5. The largest absolute Gasteiger partial charge is 0.490 e. The third-order valence-corrected chi connectivity index (χ3v) is 14.9. The molecule has 6 aliphatic rings. The molecule has 2 aromatic rings. The number of anilines is 1. The van der Waals surface area contributed by atoms with Crippen molar-refractivity contribution in [2.45, 2.75) is 87.7 Å². The number of allylic oxidation sites excluding steroid dienone is 1. The highest BCUT2D eigenvalue weighted by Crippen LogP contribution is 2.47. The summed E-state index contributed by atoms with van der Waals surface area (Å²) in [4.78, 5) is 18.5. The molecule has 50 heavy (non-hydrogen) atoms. The summed E-state index contributed by atoms with van der Waals surface area (Å²) >= 11 is 6.47. The highest BCUT2D eigenvalue weighted by Gasteiger charge is 2.45. The number of fused-ring (bicyclic) bond motifs is 6. The van der Waals surface area contributed by atoms with Crippen LogP contribution in [0.15, 0.2) is 48.6 Å². The smallest absolute Gasteiger partial charge is 0.264 e. The summed E-state index contributed by atoms with van der Waals surface area (Å²) in [6.45, 7) is 9.01. The van der Waals surface area contributed by atoms with Gasteiger partial charge in [0, 0.05) is 48.2 Å². The fourth-order valence-electron chi connectivity index (χ4n) is 9.38. The quantitative estimate of drug-likeness (QED) is 0.399. The summed E-state index contributed by atoms with van der Waals surface area (Å²) in [7, 11) is -3.92. The number of aryl methyl sites for hydroxylation is 1. The van der Waals surface area contributed by atoms with Crippen molar-refractivity contribution < 1.29 is 27.4 Å². The van der Waals surface area contributed by atoms with Crippen LogP contribution in [0.1, 0.15) is 73.9 Å². The molecule has 9 nitrogen and oxygen atoms in total. The molecule has 3 fully saturated rings. The van der Waals surface area contributed by atoms with E-state index < -0.39 is 21.2 Å². The predicted molar refractivity (Wildman–Crippen MR) is 195 cm³/mol. The Labute approximate surface area is 301 Å². The summed E-state index contributed by atoms with van der Waals surface area (Å²) in [5.41, 5.74) is 3.47. The standard InChI is InChI=1S/C39H50ClN3O6S/c1-25-5-3-7-36(47-16-15-42-21-32-19-31(42)22-48-32)33-11-8-29(33)20-43-23-39(14-4-6-27-17-30(40)10-12-34(27)39)24-49-37-13-9-28(18-35(37)43)38(44)41-50(45,46)26(25)2/h3,7,9-10,12-13,17-18,25-26,29,31-33,36H,4-6,8,11,14-16,19-24H2,1-2H3,(H,41,44)/b7-3+/t25-,26+,29-,31+,32+,33+,36-,39-/m0/s1. The Bertz CT molecular complexity index is 1750. The molecule has 4 bridgehead atoms. The fourth-order valence-corrected chi connectivity index (χ4v) is 10.9. The van der Waals surface area contributed by atoms with Crippen molar-refractivity contribution in [2.24, 2.45) is 17.8 Å². The lowest BCUT2D eigenvalue weighted by molar-refractivity contribution is -0.0323. The maximum atomic E-state index is 13.5. The van der Waals surface area contributed by atoms with Crippen molar-refractivity contribution >= 4 is 33.2 Å². The van der Waals surface area contributed by atoms with Gasteiger partial charge in [-0.1, -0.05) is 36.7 Å². The van der Waals surface area contributed by atoms with E-state index in [4.69, 9.17) is 25.8 Å². The average molecular weight is 724 g/mol. The van der Waals surface area contributed by atoms with Crippen LogP contribution < -0.4 is 14.4 Å². The number of ether oxygens (including phenoxy) is 3. The molecule has 4 aliphatic heterocycles. The van der Waals surface area contributed by atoms with Crippen LogP contribution in [0.25, 0.3) is 0 Å². The third kappa shape index (κ3) is 6.60. The number of halogens is 1. The Morgan fingerprint density at radius 2 is 2.00 bits per heavy atom. The molecule has 8 rings (SSSR count). The Morgan fingerprint density at radius 3 is 2.78 bits per heavy atom. The first-order valence-corrected chi connectivity index (χ1v) is 20.5. The number of likely N-dealkylation sites (tertiary alicyclic amines) is 1. The minimum Gasteiger partial charge on any atom is -0.490 e. The zero-order valence-electron chi connectivity index (χ0n) is 29.2. The molecule has 270 valence electrons. The Hall–Kier alpha value is -2.63. The van der Waals surface area contributed by atoms with Gasteiger partial charge in [0.25, 0.3) is 5.91 Å². The summed E-state index contributed by atoms with van der Waals surface area (Å²) in [5, 5.41) is -0.00652. The number of hydrogen-bond donors (Lipinski definition) is 1. The SMILES string of the molecule is C[C@@H]1[C@@H](C)C/C=C/[C@H](OCCN2C[C@H]3C[C@@H]2CO3)[C@@H]2CC[C@H]2CN2C[C@@]3(CCCc4cc(Cl)ccc43)COc3ccc(cc32)C(=O)NS1(=O)=O. The van der Waals surface area contributed by atoms with Crippen molar-refractivity contribution in [3.8, 4) is 5.75 Å². The van der Waals surface area contributed by atoms with Gasteiger partial charge in [-0.25, -0.2) is 13.1 Å². The van der Waals surface area contributed by atoms with E-state index in [-0.39, 0.29) is 17.4 Å². The van der Waals surface area contributed by atoms with Crippen LogP contribution in [0, 0.1) is 17.8 Å². The number of carbonyl (C=O) groups excluding carboxylic acids is 1. The Kier molecular flexibility index (Phi) is 9.46. The molecule has 2 aromatic carbocycles. The number of nitrogens with zero attached hydrogens (tertiary/aromatic N) is 2. The van der Waals surface area contributed by atoms with Crippen molar-refractivity contribution in [2.75, 3.05) is 50.9 Å². The summed E-state index contributed by atoms with van der Waals surface area (Å²) < 4.78 is 48.5. The number of amides is 1. The maximum Gasteiger partial charge on any atom is 0.264 e. The summed E-state index contributed by atoms with van der Waals surface area (Å²) in [6.07, 6.45) is 11.5. The van der Waals surface area contributed by atoms with Crippen LogP contribution in [0.4, 0.5) is 5.69 Å². The van der Waals surface area contributed by atoms with Crippen LogP contribution in [-0.4, -0.2) is 88.7 Å². The molecule has 0 radical (unpaired) electrons. The molecule has 0 unspecified atom stereocenters. The van der Waals surface area contributed by atoms with E-state index in [1.807, 2.05) is 25.1 Å². The number of carbonyl (C=O) groups is 1. The molecule has 1 saturated carbocycles. The average Bonchev–Trinajstić information content (AvgIpc) is 3.67. The molecule has 8 atom stereocenters. The van der Waals surface area contributed by atoms with Gasteiger partial charge in [0.1, 0.15) is 5.75 Å². The van der Waals surface area contributed by atoms with E-state index in [2.05, 4.69) is 38.8 Å². The van der Waals surface area contributed by atoms with Gasteiger partial charge in [0.05, 0.1) is 43.0 Å². The Morgan fingerprint density at radius 1 is 1.12 bits per heavy atom. The van der Waals surface area contributed by atoms with Gasteiger partial charge in [0.15, 0.2) is 0 Å². The second kappa shape index (κ2) is 13.7. The first kappa shape index (κ1) is 34.5. The lowest BCUT2D eigenvalue weighted by Crippen LogP contribution is -2.50. The number of benzene rings is 2. The first-order chi connectivity index (χ1) is 24.1. The van der Waals surface area contributed by atoms with Gasteiger partial charge >= 0.3 is 0 Å². The maximum absolute atomic E-state index is 13.5. The molecule has 0 aromatic heterocycles. The van der Waals surface area contributed by atoms with Crippen molar-refractivity contribution in [1.82, 2.24) is 9.62 Å². The van der Waals surface area contributed by atoms with Gasteiger partial charge in [-0.3, -0.25) is 9.69 Å². The minimum atomic E-state index is -3.92. The second-order valence-corrected chi connectivity index (χ2v) is 18.3. The van der Waals surface area contributed by atoms with Gasteiger partial charge in [-0.15, -0.1) is 0 Å². The third-order valence-electron chi connectivity index (χ3n) is 12.7. The van der Waals surface area contributed by atoms with Crippen LogP contribution in [0.2, 0.25) is 5.02 Å². The van der Waals surface area contributed by atoms with Gasteiger partial charge in [-0.2, -0.15) is 0 Å². The molecule has 2 aliphatic carbocycles. The van der Waals surface area contributed by atoms with Crippen LogP contribution >= 0.6 is 11.6 Å². The molecule has 1 amide bonds. The number of nitrogens with one attached hydrogen (secondary N) is 1. The second-order valence-electron chi connectivity index (χ2n) is 15.8. The lowest BCUT2D eigenvalue weighted by atomic mass is 9.68. The number of rotatable bonds is 4.